The van der Waals surface area contributed by atoms with Gasteiger partial charge in [-0.15, -0.1) is 0 Å². The Labute approximate surface area is 144 Å². The maximum Gasteiger partial charge on any atom is 0.287 e. The Morgan fingerprint density at radius 3 is 2.46 bits per heavy atom. The largest absolute Gasteiger partial charge is 0.486 e. The summed E-state index contributed by atoms with van der Waals surface area (Å²) in [6.45, 7) is 9.43. The highest BCUT2D eigenvalue weighted by Crippen LogP contribution is 2.22. The third kappa shape index (κ3) is 5.15. The van der Waals surface area contributed by atoms with Gasteiger partial charge in [-0.3, -0.25) is 4.79 Å². The van der Waals surface area contributed by atoms with E-state index in [1.807, 2.05) is 26.0 Å². The Kier molecular flexibility index (Phi) is 6.47. The zero-order valence-corrected chi connectivity index (χ0v) is 15.0. The molecule has 0 bridgehead atoms. The van der Waals surface area contributed by atoms with Crippen LogP contribution >= 0.6 is 0 Å². The van der Waals surface area contributed by atoms with Crippen LogP contribution in [-0.4, -0.2) is 12.5 Å². The number of nitrogens with one attached hydrogen (secondary N) is 1. The van der Waals surface area contributed by atoms with Crippen LogP contribution in [0.4, 0.5) is 0 Å². The molecule has 1 aromatic carbocycles. The SMILES string of the molecule is CCC(C)c1ccc(OCc2ccc(C(=O)NCC(C)C)o2)cc1. The van der Waals surface area contributed by atoms with Crippen LogP contribution < -0.4 is 10.1 Å². The molecule has 1 heterocycles. The first-order valence-corrected chi connectivity index (χ1v) is 8.59. The fourth-order valence-corrected chi connectivity index (χ4v) is 2.24. The zero-order valence-electron chi connectivity index (χ0n) is 15.0. The van der Waals surface area contributed by atoms with E-state index in [0.717, 1.165) is 12.2 Å². The van der Waals surface area contributed by atoms with Crippen molar-refractivity contribution in [1.82, 2.24) is 5.32 Å². The summed E-state index contributed by atoms with van der Waals surface area (Å²) in [6.07, 6.45) is 1.12. The molecular formula is C20H27NO3. The molecule has 0 fully saturated rings. The van der Waals surface area contributed by atoms with E-state index in [0.29, 0.717) is 36.5 Å². The van der Waals surface area contributed by atoms with Crippen LogP contribution in [0.3, 0.4) is 0 Å². The molecule has 0 aliphatic carbocycles. The van der Waals surface area contributed by atoms with E-state index >= 15 is 0 Å². The average Bonchev–Trinajstić information content (AvgIpc) is 3.06. The fourth-order valence-electron chi connectivity index (χ4n) is 2.24. The molecule has 0 aliphatic rings. The molecule has 4 nitrogen and oxygen atoms in total. The van der Waals surface area contributed by atoms with Gasteiger partial charge in [0, 0.05) is 6.54 Å². The summed E-state index contributed by atoms with van der Waals surface area (Å²) in [4.78, 5) is 11.9. The van der Waals surface area contributed by atoms with E-state index in [2.05, 4.69) is 31.3 Å². The van der Waals surface area contributed by atoms with Gasteiger partial charge in [0.05, 0.1) is 0 Å². The van der Waals surface area contributed by atoms with Crippen LogP contribution in [0, 0.1) is 5.92 Å². The topological polar surface area (TPSA) is 51.5 Å². The number of furan rings is 1. The second-order valence-corrected chi connectivity index (χ2v) is 6.54. The lowest BCUT2D eigenvalue weighted by Gasteiger charge is -2.10. The quantitative estimate of drug-likeness (QED) is 0.760. The minimum absolute atomic E-state index is 0.187. The number of amides is 1. The third-order valence-corrected chi connectivity index (χ3v) is 4.00. The van der Waals surface area contributed by atoms with E-state index in [-0.39, 0.29) is 5.91 Å². The molecule has 1 unspecified atom stereocenters. The van der Waals surface area contributed by atoms with Crippen molar-refractivity contribution in [3.8, 4) is 5.75 Å². The predicted molar refractivity (Wildman–Crippen MR) is 95.4 cm³/mol. The van der Waals surface area contributed by atoms with Gasteiger partial charge in [0.25, 0.3) is 5.91 Å². The minimum Gasteiger partial charge on any atom is -0.486 e. The molecule has 2 aromatic rings. The van der Waals surface area contributed by atoms with Crippen LogP contribution in [0.1, 0.15) is 61.9 Å². The monoisotopic (exact) mass is 329 g/mol. The van der Waals surface area contributed by atoms with Gasteiger partial charge in [-0.05, 0) is 48.1 Å². The molecule has 0 aliphatic heterocycles. The smallest absolute Gasteiger partial charge is 0.287 e. The molecule has 2 rings (SSSR count). The van der Waals surface area contributed by atoms with Crippen molar-refractivity contribution in [3.63, 3.8) is 0 Å². The first kappa shape index (κ1) is 18.1. The van der Waals surface area contributed by atoms with Gasteiger partial charge in [0.15, 0.2) is 5.76 Å². The highest BCUT2D eigenvalue weighted by atomic mass is 16.5. The van der Waals surface area contributed by atoms with E-state index in [1.165, 1.54) is 5.56 Å². The van der Waals surface area contributed by atoms with E-state index < -0.39 is 0 Å². The van der Waals surface area contributed by atoms with Gasteiger partial charge in [-0.1, -0.05) is 39.8 Å². The second kappa shape index (κ2) is 8.57. The Hall–Kier alpha value is -2.23. The summed E-state index contributed by atoms with van der Waals surface area (Å²) in [6, 6.07) is 11.6. The first-order valence-electron chi connectivity index (χ1n) is 8.59. The number of hydrogen-bond acceptors (Lipinski definition) is 3. The first-order chi connectivity index (χ1) is 11.5. The lowest BCUT2D eigenvalue weighted by Crippen LogP contribution is -2.26. The van der Waals surface area contributed by atoms with Gasteiger partial charge >= 0.3 is 0 Å². The van der Waals surface area contributed by atoms with E-state index in [1.54, 1.807) is 12.1 Å². The molecule has 1 aromatic heterocycles. The summed E-state index contributed by atoms with van der Waals surface area (Å²) >= 11 is 0. The van der Waals surface area contributed by atoms with Crippen molar-refractivity contribution in [3.05, 3.63) is 53.5 Å². The van der Waals surface area contributed by atoms with Crippen LogP contribution in [0.5, 0.6) is 5.75 Å². The minimum atomic E-state index is -0.187. The molecule has 0 radical (unpaired) electrons. The van der Waals surface area contributed by atoms with Gasteiger partial charge in [0.2, 0.25) is 0 Å². The molecule has 0 saturated carbocycles. The molecule has 0 spiro atoms. The van der Waals surface area contributed by atoms with Crippen molar-refractivity contribution >= 4 is 5.91 Å². The normalized spacial score (nSPS) is 12.2. The Bertz CT molecular complexity index is 643. The van der Waals surface area contributed by atoms with Gasteiger partial charge in [0.1, 0.15) is 18.1 Å². The highest BCUT2D eigenvalue weighted by molar-refractivity contribution is 5.91. The third-order valence-electron chi connectivity index (χ3n) is 4.00. The lowest BCUT2D eigenvalue weighted by atomic mass is 9.99. The Morgan fingerprint density at radius 1 is 1.12 bits per heavy atom. The fraction of sp³-hybridized carbons (Fsp3) is 0.450. The second-order valence-electron chi connectivity index (χ2n) is 6.54. The highest BCUT2D eigenvalue weighted by Gasteiger charge is 2.11. The molecule has 0 saturated heterocycles. The van der Waals surface area contributed by atoms with Gasteiger partial charge in [-0.2, -0.15) is 0 Å². The molecule has 130 valence electrons. The molecule has 1 atom stereocenters. The van der Waals surface area contributed by atoms with Crippen LogP contribution in [-0.2, 0) is 6.61 Å². The summed E-state index contributed by atoms with van der Waals surface area (Å²) in [5.74, 6) is 2.52. The number of benzene rings is 1. The maximum atomic E-state index is 11.9. The van der Waals surface area contributed by atoms with E-state index in [9.17, 15) is 4.79 Å². The summed E-state index contributed by atoms with van der Waals surface area (Å²) in [5.41, 5.74) is 1.31. The Morgan fingerprint density at radius 2 is 1.83 bits per heavy atom. The van der Waals surface area contributed by atoms with Gasteiger partial charge < -0.3 is 14.5 Å². The number of carbonyl (C=O) groups excluding carboxylic acids is 1. The molecular weight excluding hydrogens is 302 g/mol. The predicted octanol–water partition coefficient (Wildman–Crippen LogP) is 4.76. The average molecular weight is 329 g/mol. The molecule has 1 N–H and O–H groups in total. The van der Waals surface area contributed by atoms with Crippen LogP contribution in [0.2, 0.25) is 0 Å². The van der Waals surface area contributed by atoms with Crippen molar-refractivity contribution in [2.45, 2.75) is 46.6 Å². The number of hydrogen-bond donors (Lipinski definition) is 1. The standard InChI is InChI=1S/C20H27NO3/c1-5-15(4)16-6-8-17(9-7-16)23-13-18-10-11-19(24-18)20(22)21-12-14(2)3/h6-11,14-15H,5,12-13H2,1-4H3,(H,21,22). The lowest BCUT2D eigenvalue weighted by molar-refractivity contribution is 0.0917. The summed E-state index contributed by atoms with van der Waals surface area (Å²) in [5, 5.41) is 2.83. The number of carbonyl (C=O) groups is 1. The van der Waals surface area contributed by atoms with Crippen molar-refractivity contribution in [2.75, 3.05) is 6.54 Å². The Balaban J connectivity index is 1.87. The number of rotatable bonds is 8. The maximum absolute atomic E-state index is 11.9. The molecule has 4 heteroatoms. The number of ether oxygens (including phenoxy) is 1. The van der Waals surface area contributed by atoms with Crippen molar-refractivity contribution in [2.24, 2.45) is 5.92 Å². The van der Waals surface area contributed by atoms with Crippen molar-refractivity contribution in [1.29, 1.82) is 0 Å². The van der Waals surface area contributed by atoms with Crippen LogP contribution in [0.15, 0.2) is 40.8 Å². The summed E-state index contributed by atoms with van der Waals surface area (Å²) < 4.78 is 11.3. The van der Waals surface area contributed by atoms with Gasteiger partial charge in [-0.25, -0.2) is 0 Å². The molecule has 24 heavy (non-hydrogen) atoms. The van der Waals surface area contributed by atoms with Crippen LogP contribution in [0.25, 0.3) is 0 Å². The summed E-state index contributed by atoms with van der Waals surface area (Å²) in [7, 11) is 0. The molecule has 1 amide bonds. The van der Waals surface area contributed by atoms with E-state index in [4.69, 9.17) is 9.15 Å². The zero-order chi connectivity index (χ0) is 17.5. The van der Waals surface area contributed by atoms with Crippen molar-refractivity contribution < 1.29 is 13.9 Å².